The van der Waals surface area contributed by atoms with E-state index < -0.39 is 0 Å². The molecule has 0 aliphatic carbocycles. The molecule has 0 N–H and O–H groups in total. The molecule has 0 atom stereocenters. The van der Waals surface area contributed by atoms with Crippen molar-refractivity contribution in [1.29, 1.82) is 0 Å². The van der Waals surface area contributed by atoms with Crippen LogP contribution in [0.2, 0.25) is 0 Å². The van der Waals surface area contributed by atoms with Gasteiger partial charge in [-0.25, -0.2) is 14.6 Å². The summed E-state index contributed by atoms with van der Waals surface area (Å²) in [7, 11) is 3.40. The molecule has 0 aliphatic heterocycles. The smallest absolute Gasteiger partial charge is 0.254 e. The summed E-state index contributed by atoms with van der Waals surface area (Å²) >= 11 is 0. The predicted octanol–water partition coefficient (Wildman–Crippen LogP) is 3.58. The number of methoxy groups -OCH3 is 1. The molecule has 1 aromatic carbocycles. The molecule has 0 bridgehead atoms. The first kappa shape index (κ1) is 18.6. The number of benzene rings is 1. The van der Waals surface area contributed by atoms with Crippen LogP contribution in [0.4, 0.5) is 0 Å². The fourth-order valence-corrected chi connectivity index (χ4v) is 3.08. The number of hydrogen-bond acceptors (Lipinski definition) is 5. The van der Waals surface area contributed by atoms with Crippen LogP contribution < -0.4 is 4.74 Å². The van der Waals surface area contributed by atoms with E-state index in [0.29, 0.717) is 34.9 Å². The zero-order chi connectivity index (χ0) is 20.4. The molecular formula is C22H21N5O2. The molecule has 7 nitrogen and oxygen atoms in total. The van der Waals surface area contributed by atoms with Crippen molar-refractivity contribution >= 4 is 16.8 Å². The third kappa shape index (κ3) is 3.54. The zero-order valence-electron chi connectivity index (χ0n) is 16.5. The molecule has 29 heavy (non-hydrogen) atoms. The molecule has 0 spiro atoms. The minimum atomic E-state index is -0.0524. The molecule has 0 saturated heterocycles. The van der Waals surface area contributed by atoms with Crippen molar-refractivity contribution in [2.45, 2.75) is 6.92 Å². The van der Waals surface area contributed by atoms with Gasteiger partial charge in [-0.3, -0.25) is 4.79 Å². The molecule has 0 radical (unpaired) electrons. The Morgan fingerprint density at radius 2 is 2.07 bits per heavy atom. The maximum Gasteiger partial charge on any atom is 0.254 e. The number of rotatable bonds is 5. The lowest BCUT2D eigenvalue weighted by Crippen LogP contribution is -2.26. The van der Waals surface area contributed by atoms with E-state index >= 15 is 0 Å². The summed E-state index contributed by atoms with van der Waals surface area (Å²) in [5.74, 6) is 1.35. The van der Waals surface area contributed by atoms with Gasteiger partial charge in [0.15, 0.2) is 5.82 Å². The third-order valence-electron chi connectivity index (χ3n) is 4.83. The number of aromatic nitrogens is 4. The van der Waals surface area contributed by atoms with E-state index in [2.05, 4.69) is 10.1 Å². The zero-order valence-corrected chi connectivity index (χ0v) is 16.5. The quantitative estimate of drug-likeness (QED) is 0.523. The average Bonchev–Trinajstić information content (AvgIpc) is 3.27. The molecule has 4 aromatic rings. The van der Waals surface area contributed by atoms with E-state index in [1.54, 1.807) is 36.1 Å². The molecule has 7 heteroatoms. The highest BCUT2D eigenvalue weighted by atomic mass is 16.5. The lowest BCUT2D eigenvalue weighted by atomic mass is 10.0. The second-order valence-corrected chi connectivity index (χ2v) is 6.62. The first-order chi connectivity index (χ1) is 14.1. The molecule has 1 amide bonds. The fraction of sp³-hybridized carbons (Fsp3) is 0.182. The number of carbonyl (C=O) groups is 1. The monoisotopic (exact) mass is 387 g/mol. The average molecular weight is 387 g/mol. The van der Waals surface area contributed by atoms with Gasteiger partial charge in [0, 0.05) is 43.0 Å². The highest BCUT2D eigenvalue weighted by molar-refractivity contribution is 6.07. The molecule has 146 valence electrons. The number of fused-ring (bicyclic) bond motifs is 1. The highest BCUT2D eigenvalue weighted by Gasteiger charge is 2.18. The van der Waals surface area contributed by atoms with Crippen molar-refractivity contribution in [3.63, 3.8) is 0 Å². The van der Waals surface area contributed by atoms with Gasteiger partial charge in [-0.15, -0.1) is 0 Å². The Labute approximate surface area is 168 Å². The van der Waals surface area contributed by atoms with Crippen LogP contribution in [-0.4, -0.2) is 51.3 Å². The fourth-order valence-electron chi connectivity index (χ4n) is 3.08. The van der Waals surface area contributed by atoms with Gasteiger partial charge in [-0.05, 0) is 37.3 Å². The standard InChI is InChI=1S/C22H21N5O2/c1-4-26(2)22(28)18-12-19(25-20-11-16(29-3)8-9-17(18)20)15-13-24-27(14-15)21-7-5-6-10-23-21/h5-14H,4H2,1-3H3. The SMILES string of the molecule is CCN(C)C(=O)c1cc(-c2cnn(-c3ccccn3)c2)nc2cc(OC)ccc12. The van der Waals surface area contributed by atoms with Crippen molar-refractivity contribution in [2.24, 2.45) is 0 Å². The summed E-state index contributed by atoms with van der Waals surface area (Å²) in [5.41, 5.74) is 2.76. The largest absolute Gasteiger partial charge is 0.497 e. The minimum Gasteiger partial charge on any atom is -0.497 e. The van der Waals surface area contributed by atoms with Crippen LogP contribution in [0.5, 0.6) is 5.75 Å². The predicted molar refractivity (Wildman–Crippen MR) is 111 cm³/mol. The van der Waals surface area contributed by atoms with Crippen LogP contribution in [0.15, 0.2) is 61.1 Å². The highest BCUT2D eigenvalue weighted by Crippen LogP contribution is 2.28. The Balaban J connectivity index is 1.86. The topological polar surface area (TPSA) is 73.1 Å². The van der Waals surface area contributed by atoms with Gasteiger partial charge in [-0.2, -0.15) is 5.10 Å². The number of pyridine rings is 2. The van der Waals surface area contributed by atoms with E-state index in [1.807, 2.05) is 55.6 Å². The van der Waals surface area contributed by atoms with Crippen LogP contribution in [0.3, 0.4) is 0 Å². The van der Waals surface area contributed by atoms with Crippen molar-refractivity contribution in [1.82, 2.24) is 24.6 Å². The van der Waals surface area contributed by atoms with Crippen LogP contribution in [0.1, 0.15) is 17.3 Å². The van der Waals surface area contributed by atoms with E-state index in [4.69, 9.17) is 9.72 Å². The van der Waals surface area contributed by atoms with Crippen LogP contribution in [0.25, 0.3) is 28.0 Å². The van der Waals surface area contributed by atoms with Gasteiger partial charge in [0.1, 0.15) is 5.75 Å². The summed E-state index contributed by atoms with van der Waals surface area (Å²) in [6.45, 7) is 2.56. The molecule has 0 fully saturated rings. The van der Waals surface area contributed by atoms with Crippen molar-refractivity contribution in [3.05, 3.63) is 66.6 Å². The van der Waals surface area contributed by atoms with Gasteiger partial charge in [0.25, 0.3) is 5.91 Å². The molecule has 0 aliphatic rings. The molecular weight excluding hydrogens is 366 g/mol. The Bertz CT molecular complexity index is 1170. The summed E-state index contributed by atoms with van der Waals surface area (Å²) < 4.78 is 7.03. The molecule has 0 saturated carbocycles. The van der Waals surface area contributed by atoms with Gasteiger partial charge >= 0.3 is 0 Å². The van der Waals surface area contributed by atoms with E-state index in [1.165, 1.54) is 0 Å². The Hall–Kier alpha value is -3.74. The molecule has 0 unspecified atom stereocenters. The number of hydrogen-bond donors (Lipinski definition) is 0. The molecule has 3 aromatic heterocycles. The molecule has 4 rings (SSSR count). The number of ether oxygens (including phenoxy) is 1. The maximum absolute atomic E-state index is 13.0. The summed E-state index contributed by atoms with van der Waals surface area (Å²) in [4.78, 5) is 23.7. The number of nitrogens with zero attached hydrogens (tertiary/aromatic N) is 5. The van der Waals surface area contributed by atoms with Gasteiger partial charge in [0.05, 0.1) is 30.1 Å². The van der Waals surface area contributed by atoms with Gasteiger partial charge < -0.3 is 9.64 Å². The lowest BCUT2D eigenvalue weighted by Gasteiger charge is -2.17. The molecule has 3 heterocycles. The normalized spacial score (nSPS) is 10.9. The van der Waals surface area contributed by atoms with Crippen molar-refractivity contribution in [3.8, 4) is 22.8 Å². The van der Waals surface area contributed by atoms with Crippen LogP contribution in [-0.2, 0) is 0 Å². The maximum atomic E-state index is 13.0. The first-order valence-electron chi connectivity index (χ1n) is 9.31. The van der Waals surface area contributed by atoms with Gasteiger partial charge in [-0.1, -0.05) is 6.07 Å². The Morgan fingerprint density at radius 1 is 1.21 bits per heavy atom. The number of amides is 1. The van der Waals surface area contributed by atoms with E-state index in [-0.39, 0.29) is 5.91 Å². The van der Waals surface area contributed by atoms with E-state index in [0.717, 1.165) is 10.9 Å². The first-order valence-corrected chi connectivity index (χ1v) is 9.31. The summed E-state index contributed by atoms with van der Waals surface area (Å²) in [6, 6.07) is 13.0. The van der Waals surface area contributed by atoms with Crippen LogP contribution >= 0.6 is 0 Å². The Morgan fingerprint density at radius 3 is 2.79 bits per heavy atom. The van der Waals surface area contributed by atoms with Gasteiger partial charge in [0.2, 0.25) is 0 Å². The second kappa shape index (κ2) is 7.71. The summed E-state index contributed by atoms with van der Waals surface area (Å²) in [5, 5.41) is 5.19. The van der Waals surface area contributed by atoms with Crippen LogP contribution in [0, 0.1) is 0 Å². The van der Waals surface area contributed by atoms with Crippen molar-refractivity contribution < 1.29 is 9.53 Å². The van der Waals surface area contributed by atoms with Crippen molar-refractivity contribution in [2.75, 3.05) is 20.7 Å². The third-order valence-corrected chi connectivity index (χ3v) is 4.83. The van der Waals surface area contributed by atoms with E-state index in [9.17, 15) is 4.79 Å². The Kier molecular flexibility index (Phi) is 4.95. The number of carbonyl (C=O) groups excluding carboxylic acids is 1. The lowest BCUT2D eigenvalue weighted by molar-refractivity contribution is 0.0804. The second-order valence-electron chi connectivity index (χ2n) is 6.62. The summed E-state index contributed by atoms with van der Waals surface area (Å²) in [6.07, 6.45) is 5.30. The minimum absolute atomic E-state index is 0.0524.